The second kappa shape index (κ2) is 5.75. The Kier molecular flexibility index (Phi) is 4.23. The van der Waals surface area contributed by atoms with Crippen LogP contribution in [-0.4, -0.2) is 33.9 Å². The summed E-state index contributed by atoms with van der Waals surface area (Å²) in [5, 5.41) is 0. The van der Waals surface area contributed by atoms with Crippen LogP contribution in [0.15, 0.2) is 12.4 Å². The van der Waals surface area contributed by atoms with Crippen LogP contribution < -0.4 is 11.3 Å². The zero-order valence-corrected chi connectivity index (χ0v) is 12.4. The first-order valence-corrected chi connectivity index (χ1v) is 6.99. The summed E-state index contributed by atoms with van der Waals surface area (Å²) in [7, 11) is 0. The number of hydrogen-bond donors (Lipinski definition) is 2. The number of nitrogens with two attached hydrogens (primary N) is 1. The summed E-state index contributed by atoms with van der Waals surface area (Å²) in [5.41, 5.74) is 3.05. The molecule has 0 spiro atoms. The molecule has 0 unspecified atom stereocenters. The molecule has 1 aromatic heterocycles. The SMILES string of the molecule is CC(C)(C)C1CCN(C(=O)c2cncc(NN)n2)CC1. The molecule has 1 aromatic rings. The molecule has 110 valence electrons. The standard InChI is InChI=1S/C14H23N5O/c1-14(2,3)10-4-6-19(7-5-10)13(20)11-8-16-9-12(17-11)18-15/h8-10H,4-7,15H2,1-3H3,(H,17,18). The number of carbonyl (C=O) groups excluding carboxylic acids is 1. The van der Waals surface area contributed by atoms with Gasteiger partial charge in [-0.3, -0.25) is 9.78 Å². The smallest absolute Gasteiger partial charge is 0.274 e. The van der Waals surface area contributed by atoms with E-state index in [1.807, 2.05) is 4.90 Å². The van der Waals surface area contributed by atoms with Gasteiger partial charge in [-0.1, -0.05) is 20.8 Å². The van der Waals surface area contributed by atoms with Gasteiger partial charge in [0.1, 0.15) is 5.69 Å². The third-order valence-corrected chi connectivity index (χ3v) is 4.01. The van der Waals surface area contributed by atoms with E-state index in [0.717, 1.165) is 25.9 Å². The van der Waals surface area contributed by atoms with Gasteiger partial charge in [0.25, 0.3) is 5.91 Å². The summed E-state index contributed by atoms with van der Waals surface area (Å²) in [6.07, 6.45) is 5.05. The van der Waals surface area contributed by atoms with Gasteiger partial charge >= 0.3 is 0 Å². The lowest BCUT2D eigenvalue weighted by Gasteiger charge is -2.38. The number of anilines is 1. The minimum absolute atomic E-state index is 0.0676. The molecule has 2 rings (SSSR count). The number of nitrogens with zero attached hydrogens (tertiary/aromatic N) is 3. The second-order valence-corrected chi connectivity index (χ2v) is 6.37. The normalized spacial score (nSPS) is 17.1. The second-order valence-electron chi connectivity index (χ2n) is 6.37. The van der Waals surface area contributed by atoms with E-state index in [4.69, 9.17) is 5.84 Å². The first-order valence-electron chi connectivity index (χ1n) is 6.99. The van der Waals surface area contributed by atoms with E-state index in [9.17, 15) is 4.79 Å². The zero-order valence-electron chi connectivity index (χ0n) is 12.4. The molecule has 6 heteroatoms. The Morgan fingerprint density at radius 1 is 1.35 bits per heavy atom. The molecule has 1 amide bonds. The average molecular weight is 277 g/mol. The lowest BCUT2D eigenvalue weighted by Crippen LogP contribution is -2.41. The molecular weight excluding hydrogens is 254 g/mol. The van der Waals surface area contributed by atoms with Crippen LogP contribution in [0.4, 0.5) is 5.82 Å². The van der Waals surface area contributed by atoms with Crippen LogP contribution in [0.1, 0.15) is 44.1 Å². The number of hydrazine groups is 1. The number of amides is 1. The predicted molar refractivity (Wildman–Crippen MR) is 77.9 cm³/mol. The van der Waals surface area contributed by atoms with Gasteiger partial charge in [-0.25, -0.2) is 10.8 Å². The number of aromatic nitrogens is 2. The van der Waals surface area contributed by atoms with E-state index < -0.39 is 0 Å². The third-order valence-electron chi connectivity index (χ3n) is 4.01. The van der Waals surface area contributed by atoms with Crippen molar-refractivity contribution in [2.45, 2.75) is 33.6 Å². The lowest BCUT2D eigenvalue weighted by atomic mass is 9.75. The first-order chi connectivity index (χ1) is 9.41. The highest BCUT2D eigenvalue weighted by Crippen LogP contribution is 2.34. The van der Waals surface area contributed by atoms with Gasteiger partial charge < -0.3 is 10.3 Å². The van der Waals surface area contributed by atoms with Crippen molar-refractivity contribution in [1.82, 2.24) is 14.9 Å². The molecule has 0 saturated carbocycles. The van der Waals surface area contributed by atoms with Crippen molar-refractivity contribution in [1.29, 1.82) is 0 Å². The molecule has 0 bridgehead atoms. The highest BCUT2D eigenvalue weighted by molar-refractivity contribution is 5.92. The van der Waals surface area contributed by atoms with E-state index in [2.05, 4.69) is 36.2 Å². The largest absolute Gasteiger partial charge is 0.337 e. The molecule has 2 heterocycles. The Morgan fingerprint density at radius 3 is 2.55 bits per heavy atom. The highest BCUT2D eigenvalue weighted by Gasteiger charge is 2.31. The van der Waals surface area contributed by atoms with Crippen molar-refractivity contribution in [3.8, 4) is 0 Å². The molecule has 20 heavy (non-hydrogen) atoms. The Morgan fingerprint density at radius 2 is 2.00 bits per heavy atom. The molecule has 6 nitrogen and oxygen atoms in total. The molecule has 3 N–H and O–H groups in total. The molecule has 0 radical (unpaired) electrons. The Balaban J connectivity index is 2.01. The van der Waals surface area contributed by atoms with Crippen molar-refractivity contribution < 1.29 is 4.79 Å². The Labute approximate surface area is 119 Å². The fraction of sp³-hybridized carbons (Fsp3) is 0.643. The topological polar surface area (TPSA) is 84.1 Å². The maximum atomic E-state index is 12.4. The van der Waals surface area contributed by atoms with Crippen LogP contribution in [-0.2, 0) is 0 Å². The summed E-state index contributed by atoms with van der Waals surface area (Å²) in [5.74, 6) is 6.28. The van der Waals surface area contributed by atoms with Gasteiger partial charge in [0.2, 0.25) is 0 Å². The van der Waals surface area contributed by atoms with Crippen molar-refractivity contribution in [3.63, 3.8) is 0 Å². The Hall–Kier alpha value is -1.69. The van der Waals surface area contributed by atoms with Crippen LogP contribution in [0.3, 0.4) is 0 Å². The fourth-order valence-electron chi connectivity index (χ4n) is 2.65. The van der Waals surface area contributed by atoms with Gasteiger partial charge in [-0.2, -0.15) is 0 Å². The molecular formula is C14H23N5O. The van der Waals surface area contributed by atoms with Gasteiger partial charge in [-0.15, -0.1) is 0 Å². The molecule has 0 aliphatic carbocycles. The highest BCUT2D eigenvalue weighted by atomic mass is 16.2. The summed E-state index contributed by atoms with van der Waals surface area (Å²) < 4.78 is 0. The van der Waals surface area contributed by atoms with E-state index in [-0.39, 0.29) is 5.91 Å². The van der Waals surface area contributed by atoms with Crippen LogP contribution in [0.25, 0.3) is 0 Å². The van der Waals surface area contributed by atoms with E-state index in [1.54, 1.807) is 0 Å². The first kappa shape index (κ1) is 14.7. The number of piperidine rings is 1. The number of hydrogen-bond acceptors (Lipinski definition) is 5. The quantitative estimate of drug-likeness (QED) is 0.634. The molecule has 1 aliphatic rings. The number of carbonyl (C=O) groups is 1. The van der Waals surface area contributed by atoms with E-state index in [1.165, 1.54) is 12.4 Å². The zero-order chi connectivity index (χ0) is 14.8. The summed E-state index contributed by atoms with van der Waals surface area (Å²) in [6.45, 7) is 8.34. The lowest BCUT2D eigenvalue weighted by molar-refractivity contribution is 0.0603. The predicted octanol–water partition coefficient (Wildman–Crippen LogP) is 1.66. The van der Waals surface area contributed by atoms with Crippen molar-refractivity contribution in [2.75, 3.05) is 18.5 Å². The number of likely N-dealkylation sites (tertiary alicyclic amines) is 1. The Bertz CT molecular complexity index is 475. The molecule has 1 aliphatic heterocycles. The molecule has 0 atom stereocenters. The van der Waals surface area contributed by atoms with Crippen molar-refractivity contribution in [2.24, 2.45) is 17.2 Å². The number of nitrogen functional groups attached to an aromatic ring is 1. The van der Waals surface area contributed by atoms with E-state index >= 15 is 0 Å². The maximum absolute atomic E-state index is 12.4. The average Bonchev–Trinajstić information content (AvgIpc) is 2.46. The summed E-state index contributed by atoms with van der Waals surface area (Å²) in [6, 6.07) is 0. The third kappa shape index (κ3) is 3.25. The van der Waals surface area contributed by atoms with Crippen LogP contribution >= 0.6 is 0 Å². The number of nitrogens with one attached hydrogen (secondary N) is 1. The monoisotopic (exact) mass is 277 g/mol. The van der Waals surface area contributed by atoms with Crippen molar-refractivity contribution >= 4 is 11.7 Å². The minimum atomic E-state index is -0.0676. The van der Waals surface area contributed by atoms with Gasteiger partial charge in [0.05, 0.1) is 12.4 Å². The molecule has 1 saturated heterocycles. The van der Waals surface area contributed by atoms with Crippen LogP contribution in [0.2, 0.25) is 0 Å². The van der Waals surface area contributed by atoms with Gasteiger partial charge in [-0.05, 0) is 24.2 Å². The number of rotatable bonds is 2. The summed E-state index contributed by atoms with van der Waals surface area (Å²) >= 11 is 0. The summed E-state index contributed by atoms with van der Waals surface area (Å²) in [4.78, 5) is 22.4. The maximum Gasteiger partial charge on any atom is 0.274 e. The van der Waals surface area contributed by atoms with Crippen LogP contribution in [0.5, 0.6) is 0 Å². The minimum Gasteiger partial charge on any atom is -0.337 e. The van der Waals surface area contributed by atoms with Crippen LogP contribution in [0, 0.1) is 11.3 Å². The fourth-order valence-corrected chi connectivity index (χ4v) is 2.65. The van der Waals surface area contributed by atoms with Crippen molar-refractivity contribution in [3.05, 3.63) is 18.1 Å². The molecule has 1 fully saturated rings. The van der Waals surface area contributed by atoms with E-state index in [0.29, 0.717) is 22.8 Å². The molecule has 0 aromatic carbocycles. The van der Waals surface area contributed by atoms with Gasteiger partial charge in [0.15, 0.2) is 5.82 Å². The van der Waals surface area contributed by atoms with Gasteiger partial charge in [0, 0.05) is 13.1 Å².